The van der Waals surface area contributed by atoms with Crippen molar-refractivity contribution in [2.24, 2.45) is 0 Å². The molecule has 10 heteroatoms. The van der Waals surface area contributed by atoms with Gasteiger partial charge in [0.2, 0.25) is 10.0 Å². The fourth-order valence-corrected chi connectivity index (χ4v) is 5.52. The van der Waals surface area contributed by atoms with Gasteiger partial charge >= 0.3 is 0 Å². The molecule has 1 aliphatic heterocycles. The lowest BCUT2D eigenvalue weighted by Crippen LogP contribution is -2.50. The Labute approximate surface area is 197 Å². The van der Waals surface area contributed by atoms with Crippen LogP contribution in [0, 0.1) is 5.82 Å². The van der Waals surface area contributed by atoms with Crippen molar-refractivity contribution >= 4 is 26.7 Å². The highest BCUT2D eigenvalue weighted by molar-refractivity contribution is 7.89. The highest BCUT2D eigenvalue weighted by atomic mass is 32.2. The molecule has 0 radical (unpaired) electrons. The fraction of sp³-hybridized carbons (Fsp3) is 0.375. The Morgan fingerprint density at radius 2 is 1.62 bits per heavy atom. The van der Waals surface area contributed by atoms with Crippen LogP contribution in [-0.4, -0.2) is 59.5 Å². The molecule has 180 valence electrons. The number of benzene rings is 2. The van der Waals surface area contributed by atoms with Crippen molar-refractivity contribution < 1.29 is 17.6 Å². The summed E-state index contributed by atoms with van der Waals surface area (Å²) >= 11 is 0. The van der Waals surface area contributed by atoms with Crippen molar-refractivity contribution in [2.75, 3.05) is 26.2 Å². The van der Waals surface area contributed by atoms with Crippen molar-refractivity contribution in [3.63, 3.8) is 0 Å². The molecule has 3 aromatic rings. The molecule has 0 atom stereocenters. The van der Waals surface area contributed by atoms with Crippen molar-refractivity contribution in [1.82, 2.24) is 19.0 Å². The van der Waals surface area contributed by atoms with Crippen molar-refractivity contribution in [3.8, 4) is 0 Å². The first-order valence-electron chi connectivity index (χ1n) is 11.4. The van der Waals surface area contributed by atoms with Crippen LogP contribution < -0.4 is 5.56 Å². The van der Waals surface area contributed by atoms with Gasteiger partial charge in [0.25, 0.3) is 11.5 Å². The summed E-state index contributed by atoms with van der Waals surface area (Å²) in [7, 11) is -3.78. The molecule has 1 fully saturated rings. The van der Waals surface area contributed by atoms with Gasteiger partial charge in [-0.15, -0.1) is 0 Å². The van der Waals surface area contributed by atoms with E-state index in [0.29, 0.717) is 17.3 Å². The number of piperazine rings is 1. The van der Waals surface area contributed by atoms with E-state index in [-0.39, 0.29) is 48.2 Å². The molecule has 0 spiro atoms. The van der Waals surface area contributed by atoms with E-state index in [4.69, 9.17) is 0 Å². The van der Waals surface area contributed by atoms with E-state index in [1.165, 1.54) is 21.1 Å². The largest absolute Gasteiger partial charge is 0.335 e. The predicted molar refractivity (Wildman–Crippen MR) is 127 cm³/mol. The molecule has 2 heterocycles. The van der Waals surface area contributed by atoms with Gasteiger partial charge in [-0.05, 0) is 36.8 Å². The van der Waals surface area contributed by atoms with Gasteiger partial charge in [0.15, 0.2) is 5.69 Å². The van der Waals surface area contributed by atoms with Crippen molar-refractivity contribution in [3.05, 3.63) is 70.4 Å². The molecule has 0 saturated carbocycles. The zero-order valence-electron chi connectivity index (χ0n) is 19.0. The second-order valence-corrected chi connectivity index (χ2v) is 10.2. The lowest BCUT2D eigenvalue weighted by molar-refractivity contribution is 0.0691. The van der Waals surface area contributed by atoms with E-state index in [2.05, 4.69) is 12.0 Å². The molecule has 1 saturated heterocycles. The molecule has 4 rings (SSSR count). The summed E-state index contributed by atoms with van der Waals surface area (Å²) in [5, 5.41) is 5.35. The average molecular weight is 487 g/mol. The van der Waals surface area contributed by atoms with Crippen molar-refractivity contribution in [2.45, 2.75) is 37.6 Å². The van der Waals surface area contributed by atoms with E-state index >= 15 is 0 Å². The number of rotatable bonds is 7. The molecule has 0 aliphatic carbocycles. The van der Waals surface area contributed by atoms with Crippen LogP contribution in [0.25, 0.3) is 10.8 Å². The van der Waals surface area contributed by atoms with Gasteiger partial charge in [-0.25, -0.2) is 17.5 Å². The zero-order valence-corrected chi connectivity index (χ0v) is 19.8. The highest BCUT2D eigenvalue weighted by Gasteiger charge is 2.31. The molecule has 2 aromatic carbocycles. The Morgan fingerprint density at radius 3 is 2.26 bits per heavy atom. The highest BCUT2D eigenvalue weighted by Crippen LogP contribution is 2.20. The van der Waals surface area contributed by atoms with Crippen LogP contribution in [0.4, 0.5) is 4.39 Å². The van der Waals surface area contributed by atoms with Gasteiger partial charge in [0.1, 0.15) is 5.82 Å². The van der Waals surface area contributed by atoms with E-state index in [9.17, 15) is 22.4 Å². The number of unbranched alkanes of at least 4 members (excludes halogenated alkanes) is 2. The van der Waals surface area contributed by atoms with E-state index < -0.39 is 15.8 Å². The average Bonchev–Trinajstić information content (AvgIpc) is 2.85. The Kier molecular flexibility index (Phi) is 7.08. The first-order valence-corrected chi connectivity index (χ1v) is 12.8. The van der Waals surface area contributed by atoms with Gasteiger partial charge in [-0.2, -0.15) is 9.40 Å². The number of aryl methyl sites for hydroxylation is 1. The van der Waals surface area contributed by atoms with Crippen LogP contribution >= 0.6 is 0 Å². The number of aromatic nitrogens is 2. The number of nitrogens with zero attached hydrogens (tertiary/aromatic N) is 4. The normalized spacial score (nSPS) is 15.1. The van der Waals surface area contributed by atoms with Crippen LogP contribution in [-0.2, 0) is 16.6 Å². The van der Waals surface area contributed by atoms with E-state index in [1.807, 2.05) is 0 Å². The molecule has 0 unspecified atom stereocenters. The molecule has 8 nitrogen and oxygen atoms in total. The third-order valence-corrected chi connectivity index (χ3v) is 7.93. The predicted octanol–water partition coefficient (Wildman–Crippen LogP) is 2.87. The molecule has 34 heavy (non-hydrogen) atoms. The Bertz CT molecular complexity index is 1350. The standard InChI is InChI=1S/C24H27FN4O4S/c1-2-3-6-13-29-23(30)21-8-5-4-7-20(21)22(26-29)24(31)27-14-16-28(17-15-27)34(32,33)19-11-9-18(25)10-12-19/h4-5,7-12H,2-3,6,13-17H2,1H3. The topological polar surface area (TPSA) is 92.6 Å². The summed E-state index contributed by atoms with van der Waals surface area (Å²) in [6.45, 7) is 3.09. The molecule has 1 aliphatic rings. The summed E-state index contributed by atoms with van der Waals surface area (Å²) in [4.78, 5) is 27.8. The second-order valence-electron chi connectivity index (χ2n) is 8.28. The lowest BCUT2D eigenvalue weighted by atomic mass is 10.1. The quantitative estimate of drug-likeness (QED) is 0.479. The maximum Gasteiger partial charge on any atom is 0.275 e. The second kappa shape index (κ2) is 10.0. The van der Waals surface area contributed by atoms with E-state index in [1.54, 1.807) is 29.2 Å². The maximum absolute atomic E-state index is 13.4. The van der Waals surface area contributed by atoms with Crippen LogP contribution in [0.15, 0.2) is 58.2 Å². The lowest BCUT2D eigenvalue weighted by Gasteiger charge is -2.34. The molecule has 0 bridgehead atoms. The molecule has 1 aromatic heterocycles. The van der Waals surface area contributed by atoms with E-state index in [0.717, 1.165) is 31.4 Å². The Hall–Kier alpha value is -3.11. The van der Waals surface area contributed by atoms with Crippen LogP contribution in [0.3, 0.4) is 0 Å². The van der Waals surface area contributed by atoms with Gasteiger partial charge in [-0.3, -0.25) is 9.59 Å². The van der Waals surface area contributed by atoms with Crippen molar-refractivity contribution in [1.29, 1.82) is 0 Å². The smallest absolute Gasteiger partial charge is 0.275 e. The summed E-state index contributed by atoms with van der Waals surface area (Å²) < 4.78 is 41.6. The third kappa shape index (κ3) is 4.74. The van der Waals surface area contributed by atoms with Gasteiger partial charge in [0.05, 0.1) is 10.3 Å². The number of fused-ring (bicyclic) bond motifs is 1. The maximum atomic E-state index is 13.4. The summed E-state index contributed by atoms with van der Waals surface area (Å²) in [6.07, 6.45) is 2.74. The first kappa shape index (κ1) is 24.0. The van der Waals surface area contributed by atoms with Gasteiger partial charge in [0, 0.05) is 38.1 Å². The third-order valence-electron chi connectivity index (χ3n) is 6.02. The minimum Gasteiger partial charge on any atom is -0.335 e. The SMILES string of the molecule is CCCCCn1nc(C(=O)N2CCN(S(=O)(=O)c3ccc(F)cc3)CC2)c2ccccc2c1=O. The molecular weight excluding hydrogens is 459 g/mol. The Balaban J connectivity index is 1.56. The van der Waals surface area contributed by atoms with Crippen LogP contribution in [0.2, 0.25) is 0 Å². The monoisotopic (exact) mass is 486 g/mol. The minimum absolute atomic E-state index is 0.0143. The molecule has 0 N–H and O–H groups in total. The first-order chi connectivity index (χ1) is 16.3. The summed E-state index contributed by atoms with van der Waals surface area (Å²) in [5.74, 6) is -0.843. The summed E-state index contributed by atoms with van der Waals surface area (Å²) in [5.41, 5.74) is -0.0278. The Morgan fingerprint density at radius 1 is 0.971 bits per heavy atom. The van der Waals surface area contributed by atoms with Gasteiger partial charge < -0.3 is 4.90 Å². The minimum atomic E-state index is -3.78. The number of sulfonamides is 1. The van der Waals surface area contributed by atoms with Gasteiger partial charge in [-0.1, -0.05) is 38.0 Å². The zero-order chi connectivity index (χ0) is 24.3. The fourth-order valence-electron chi connectivity index (χ4n) is 4.09. The number of carbonyl (C=O) groups excluding carboxylic acids is 1. The molecule has 1 amide bonds. The number of carbonyl (C=O) groups is 1. The summed E-state index contributed by atoms with van der Waals surface area (Å²) in [6, 6.07) is 11.6. The number of hydrogen-bond acceptors (Lipinski definition) is 5. The number of halogens is 1. The number of amides is 1. The van der Waals surface area contributed by atoms with Crippen LogP contribution in [0.5, 0.6) is 0 Å². The molecular formula is C24H27FN4O4S. The van der Waals surface area contributed by atoms with Crippen LogP contribution in [0.1, 0.15) is 36.7 Å². The number of hydrogen-bond donors (Lipinski definition) is 0.